The van der Waals surface area contributed by atoms with Gasteiger partial charge in [0.05, 0.1) is 31.5 Å². The van der Waals surface area contributed by atoms with Crippen LogP contribution in [0.3, 0.4) is 0 Å². The second-order valence-electron chi connectivity index (χ2n) is 7.31. The summed E-state index contributed by atoms with van der Waals surface area (Å²) >= 11 is 0. The van der Waals surface area contributed by atoms with Crippen LogP contribution in [-0.2, 0) is 16.1 Å². The lowest BCUT2D eigenvalue weighted by atomic mass is 9.93. The minimum atomic E-state index is -1.76. The first-order chi connectivity index (χ1) is 15.2. The molecule has 0 amide bonds. The molecule has 9 N–H and O–H groups in total. The molecule has 0 spiro atoms. The third kappa shape index (κ3) is 5.40. The highest BCUT2D eigenvalue weighted by atomic mass is 16.5. The molecule has 0 radical (unpaired) electrons. The number of nitrogens with one attached hydrogen (secondary N) is 1. The molecule has 0 aliphatic carbocycles. The first-order valence-electron chi connectivity index (χ1n) is 9.66. The maximum absolute atomic E-state index is 11.2. The molecule has 13 nitrogen and oxygen atoms in total. The van der Waals surface area contributed by atoms with Gasteiger partial charge in [-0.05, 0) is 18.2 Å². The van der Waals surface area contributed by atoms with Crippen LogP contribution in [0.25, 0.3) is 11.3 Å². The number of hydrogen-bond acceptors (Lipinski definition) is 11. The zero-order valence-electron chi connectivity index (χ0n) is 16.8. The van der Waals surface area contributed by atoms with E-state index in [4.69, 9.17) is 20.7 Å². The zero-order chi connectivity index (χ0) is 23.4. The molecule has 0 saturated heterocycles. The van der Waals surface area contributed by atoms with E-state index in [-0.39, 0.29) is 6.54 Å². The Kier molecular flexibility index (Phi) is 7.40. The van der Waals surface area contributed by atoms with E-state index in [0.717, 1.165) is 11.6 Å². The molecule has 174 valence electrons. The molecule has 5 unspecified atom stereocenters. The Morgan fingerprint density at radius 2 is 1.94 bits per heavy atom. The van der Waals surface area contributed by atoms with Crippen molar-refractivity contribution in [1.82, 2.24) is 20.3 Å². The monoisotopic (exact) mass is 451 g/mol. The Labute approximate surface area is 182 Å². The Morgan fingerprint density at radius 1 is 1.25 bits per heavy atom. The number of carboxylic acids is 1. The van der Waals surface area contributed by atoms with Gasteiger partial charge in [-0.1, -0.05) is 17.3 Å². The summed E-state index contributed by atoms with van der Waals surface area (Å²) in [5.74, 6) is -2.12. The lowest BCUT2D eigenvalue weighted by Gasteiger charge is -2.39. The van der Waals surface area contributed by atoms with Crippen LogP contribution in [0.5, 0.6) is 0 Å². The van der Waals surface area contributed by atoms with Gasteiger partial charge in [-0.15, -0.1) is 5.10 Å². The highest BCUT2D eigenvalue weighted by molar-refractivity contribution is 5.84. The number of aromatic nitrogens is 3. The minimum Gasteiger partial charge on any atom is -0.479 e. The van der Waals surface area contributed by atoms with Crippen molar-refractivity contribution in [2.45, 2.75) is 43.2 Å². The molecule has 3 rings (SSSR count). The molecule has 1 aliphatic rings. The van der Waals surface area contributed by atoms with E-state index in [1.807, 2.05) is 0 Å². The molecule has 13 heteroatoms. The second-order valence-corrected chi connectivity index (χ2v) is 7.31. The third-order valence-corrected chi connectivity index (χ3v) is 4.93. The normalized spacial score (nSPS) is 23.7. The molecule has 0 bridgehead atoms. The van der Waals surface area contributed by atoms with Crippen molar-refractivity contribution in [2.75, 3.05) is 12.3 Å². The lowest BCUT2D eigenvalue weighted by Crippen LogP contribution is -2.61. The van der Waals surface area contributed by atoms with Crippen LogP contribution in [0.4, 0.5) is 5.69 Å². The minimum absolute atomic E-state index is 0.119. The number of benzene rings is 1. The maximum atomic E-state index is 11.2. The average Bonchev–Trinajstić information content (AvgIpc) is 3.22. The van der Waals surface area contributed by atoms with Gasteiger partial charge < -0.3 is 41.1 Å². The second kappa shape index (κ2) is 10.0. The summed E-state index contributed by atoms with van der Waals surface area (Å²) in [7, 11) is 0. The quantitative estimate of drug-likeness (QED) is 0.144. The summed E-state index contributed by atoms with van der Waals surface area (Å²) < 4.78 is 6.54. The van der Waals surface area contributed by atoms with Gasteiger partial charge in [-0.25, -0.2) is 9.48 Å². The van der Waals surface area contributed by atoms with E-state index in [1.54, 1.807) is 30.5 Å². The number of aliphatic hydroxyl groups is 5. The van der Waals surface area contributed by atoms with Crippen molar-refractivity contribution in [2.24, 2.45) is 0 Å². The van der Waals surface area contributed by atoms with E-state index in [0.29, 0.717) is 11.4 Å². The zero-order valence-corrected chi connectivity index (χ0v) is 16.8. The molecule has 0 fully saturated rings. The predicted molar refractivity (Wildman–Crippen MR) is 108 cm³/mol. The largest absolute Gasteiger partial charge is 0.479 e. The van der Waals surface area contributed by atoms with Crippen molar-refractivity contribution in [1.29, 1.82) is 0 Å². The van der Waals surface area contributed by atoms with E-state index in [2.05, 4.69) is 15.6 Å². The van der Waals surface area contributed by atoms with Crippen LogP contribution in [0.2, 0.25) is 0 Å². The number of anilines is 1. The topological polar surface area (TPSA) is 216 Å². The van der Waals surface area contributed by atoms with Crippen LogP contribution >= 0.6 is 0 Å². The summed E-state index contributed by atoms with van der Waals surface area (Å²) in [5.41, 5.74) is 7.55. The summed E-state index contributed by atoms with van der Waals surface area (Å²) in [6, 6.07) is 5.72. The van der Waals surface area contributed by atoms with Gasteiger partial charge in [0.25, 0.3) is 0 Å². The van der Waals surface area contributed by atoms with E-state index >= 15 is 0 Å². The molecule has 1 aromatic carbocycles. The van der Waals surface area contributed by atoms with Gasteiger partial charge >= 0.3 is 5.97 Å². The van der Waals surface area contributed by atoms with E-state index in [1.165, 1.54) is 4.68 Å². The molecular formula is C19H25N5O8. The fraction of sp³-hybridized carbons (Fsp3) is 0.421. The first-order valence-corrected chi connectivity index (χ1v) is 9.66. The lowest BCUT2D eigenvalue weighted by molar-refractivity contribution is -0.150. The number of carbonyl (C=O) groups is 1. The van der Waals surface area contributed by atoms with E-state index in [9.17, 15) is 25.2 Å². The molecule has 0 saturated carbocycles. The fourth-order valence-electron chi connectivity index (χ4n) is 3.26. The maximum Gasteiger partial charge on any atom is 0.370 e. The molecule has 2 heterocycles. The summed E-state index contributed by atoms with van der Waals surface area (Å²) in [6.07, 6.45) is -5.26. The van der Waals surface area contributed by atoms with Crippen molar-refractivity contribution in [3.05, 3.63) is 42.3 Å². The number of hydrogen-bond donors (Lipinski definition) is 8. The molecular weight excluding hydrogens is 426 g/mol. The Hall–Kier alpha value is -3.07. The van der Waals surface area contributed by atoms with Crippen LogP contribution in [0.15, 0.2) is 42.3 Å². The highest BCUT2D eigenvalue weighted by Gasteiger charge is 2.43. The number of rotatable bonds is 9. The predicted octanol–water partition coefficient (Wildman–Crippen LogP) is -2.75. The third-order valence-electron chi connectivity index (χ3n) is 4.93. The summed E-state index contributed by atoms with van der Waals surface area (Å²) in [4.78, 5) is 11.2. The number of nitrogen functional groups attached to an aromatic ring is 1. The van der Waals surface area contributed by atoms with Gasteiger partial charge in [0.1, 0.15) is 30.2 Å². The number of nitrogens with two attached hydrogens (primary N) is 1. The Morgan fingerprint density at radius 3 is 2.56 bits per heavy atom. The van der Waals surface area contributed by atoms with Gasteiger partial charge in [-0.2, -0.15) is 0 Å². The SMILES string of the molecule is Nc1ccc(-c2cn(CC(O)N[C@@H]3C(O)C=C(C(=O)O)OC3C(O)C(O)CO)nn2)cc1. The molecule has 1 aliphatic heterocycles. The van der Waals surface area contributed by atoms with Crippen molar-refractivity contribution in [3.8, 4) is 11.3 Å². The highest BCUT2D eigenvalue weighted by Crippen LogP contribution is 2.23. The molecule has 1 aromatic heterocycles. The number of nitrogens with zero attached hydrogens (tertiary/aromatic N) is 3. The van der Waals surface area contributed by atoms with Crippen LogP contribution < -0.4 is 11.1 Å². The average molecular weight is 451 g/mol. The smallest absolute Gasteiger partial charge is 0.370 e. The number of aliphatic carboxylic acids is 1. The number of ether oxygens (including phenoxy) is 1. The van der Waals surface area contributed by atoms with Crippen LogP contribution in [-0.4, -0.2) is 94.9 Å². The van der Waals surface area contributed by atoms with Gasteiger partial charge in [0, 0.05) is 11.3 Å². The van der Waals surface area contributed by atoms with Crippen molar-refractivity contribution < 1.29 is 40.2 Å². The standard InChI is InChI=1S/C19H25N5O8/c20-10-3-1-9(2-4-10)11-6-24(23-22-11)7-15(28)21-16-12(26)5-14(19(30)31)32-18(16)17(29)13(27)8-25/h1-6,12-13,15-18,21,25-29H,7-8,20H2,(H,30,31)/t12?,13?,15?,16-,17?,18?/m1/s1. The van der Waals surface area contributed by atoms with Crippen LogP contribution in [0, 0.1) is 0 Å². The van der Waals surface area contributed by atoms with Gasteiger partial charge in [-0.3, -0.25) is 5.32 Å². The fourth-order valence-corrected chi connectivity index (χ4v) is 3.26. The van der Waals surface area contributed by atoms with Crippen molar-refractivity contribution >= 4 is 11.7 Å². The summed E-state index contributed by atoms with van der Waals surface area (Å²) in [6.45, 7) is -0.947. The molecule has 2 aromatic rings. The Balaban J connectivity index is 1.72. The van der Waals surface area contributed by atoms with Crippen molar-refractivity contribution in [3.63, 3.8) is 0 Å². The first kappa shape index (κ1) is 23.6. The van der Waals surface area contributed by atoms with E-state index < -0.39 is 55.0 Å². The molecule has 6 atom stereocenters. The van der Waals surface area contributed by atoms with Gasteiger partial charge in [0.15, 0.2) is 0 Å². The number of carboxylic acid groups (broad SMARTS) is 1. The van der Waals surface area contributed by atoms with Crippen LogP contribution in [0.1, 0.15) is 0 Å². The molecule has 32 heavy (non-hydrogen) atoms. The number of aliphatic hydroxyl groups excluding tert-OH is 5. The Bertz CT molecular complexity index is 949. The van der Waals surface area contributed by atoms with Gasteiger partial charge in [0.2, 0.25) is 5.76 Å². The summed E-state index contributed by atoms with van der Waals surface area (Å²) in [5, 5.41) is 69.6.